The van der Waals surface area contributed by atoms with Gasteiger partial charge in [0.25, 0.3) is 5.91 Å². The number of amides is 3. The summed E-state index contributed by atoms with van der Waals surface area (Å²) in [4.78, 5) is 30.3. The molecule has 1 aliphatic heterocycles. The van der Waals surface area contributed by atoms with Gasteiger partial charge in [-0.25, -0.2) is 4.79 Å². The van der Waals surface area contributed by atoms with E-state index >= 15 is 0 Å². The topological polar surface area (TPSA) is 55.9 Å². The Balaban J connectivity index is 1.56. The fourth-order valence-corrected chi connectivity index (χ4v) is 3.45. The van der Waals surface area contributed by atoms with Gasteiger partial charge in [-0.2, -0.15) is 0 Å². The average Bonchev–Trinajstić information content (AvgIpc) is 2.73. The van der Waals surface area contributed by atoms with Crippen LogP contribution in [-0.2, 0) is 5.41 Å². The maximum atomic E-state index is 12.9. The molecule has 1 fully saturated rings. The number of carbonyl (C=O) groups is 2. The van der Waals surface area contributed by atoms with E-state index in [1.54, 1.807) is 14.1 Å². The van der Waals surface area contributed by atoms with Gasteiger partial charge in [0.2, 0.25) is 0 Å². The van der Waals surface area contributed by atoms with E-state index in [1.165, 1.54) is 10.5 Å². The molecule has 6 nitrogen and oxygen atoms in total. The van der Waals surface area contributed by atoms with E-state index in [-0.39, 0.29) is 17.4 Å². The van der Waals surface area contributed by atoms with Gasteiger partial charge in [0.1, 0.15) is 0 Å². The van der Waals surface area contributed by atoms with Crippen LogP contribution >= 0.6 is 0 Å². The molecule has 30 heavy (non-hydrogen) atoms. The molecule has 0 spiro atoms. The van der Waals surface area contributed by atoms with Crippen molar-refractivity contribution in [3.05, 3.63) is 59.7 Å². The number of anilines is 2. The van der Waals surface area contributed by atoms with Gasteiger partial charge in [0.05, 0.1) is 0 Å². The van der Waals surface area contributed by atoms with E-state index < -0.39 is 0 Å². The van der Waals surface area contributed by atoms with E-state index in [0.29, 0.717) is 13.1 Å². The van der Waals surface area contributed by atoms with Crippen LogP contribution in [0.25, 0.3) is 0 Å². The van der Waals surface area contributed by atoms with Crippen molar-refractivity contribution in [2.24, 2.45) is 0 Å². The van der Waals surface area contributed by atoms with Gasteiger partial charge in [-0.05, 0) is 47.4 Å². The van der Waals surface area contributed by atoms with Crippen LogP contribution in [0.3, 0.4) is 0 Å². The molecule has 0 aliphatic carbocycles. The third-order valence-corrected chi connectivity index (χ3v) is 5.45. The van der Waals surface area contributed by atoms with E-state index in [0.717, 1.165) is 30.0 Å². The first-order valence-electron chi connectivity index (χ1n) is 10.4. The Morgan fingerprint density at radius 3 is 1.93 bits per heavy atom. The van der Waals surface area contributed by atoms with Gasteiger partial charge >= 0.3 is 6.03 Å². The van der Waals surface area contributed by atoms with Crippen molar-refractivity contribution in [2.45, 2.75) is 26.2 Å². The number of benzene rings is 2. The molecule has 2 aromatic carbocycles. The molecular weight excluding hydrogens is 376 g/mol. The maximum absolute atomic E-state index is 12.9. The largest absolute Gasteiger partial charge is 0.368 e. The molecule has 3 rings (SSSR count). The molecule has 6 heteroatoms. The first-order chi connectivity index (χ1) is 14.1. The number of hydrogen-bond donors (Lipinski definition) is 1. The monoisotopic (exact) mass is 408 g/mol. The minimum atomic E-state index is -0.148. The third kappa shape index (κ3) is 5.12. The summed E-state index contributed by atoms with van der Waals surface area (Å²) in [7, 11) is 3.42. The zero-order valence-electron chi connectivity index (χ0n) is 18.6. The Bertz CT molecular complexity index is 875. The van der Waals surface area contributed by atoms with Crippen LogP contribution in [0.1, 0.15) is 36.7 Å². The fourth-order valence-electron chi connectivity index (χ4n) is 3.45. The van der Waals surface area contributed by atoms with Gasteiger partial charge < -0.3 is 20.0 Å². The Hall–Kier alpha value is -3.02. The van der Waals surface area contributed by atoms with Crippen molar-refractivity contribution in [1.29, 1.82) is 0 Å². The second kappa shape index (κ2) is 8.78. The van der Waals surface area contributed by atoms with E-state index in [9.17, 15) is 9.59 Å². The number of rotatable bonds is 3. The standard InChI is InChI=1S/C24H32N4O2/c1-24(2,3)19-8-6-18(7-9-19)22(29)28-16-14-27(15-17-28)21-12-10-20(11-13-21)25-23(30)26(4)5/h6-13H,14-17H2,1-5H3,(H,25,30). The Morgan fingerprint density at radius 1 is 0.867 bits per heavy atom. The van der Waals surface area contributed by atoms with Crippen LogP contribution in [0, 0.1) is 0 Å². The Kier molecular flexibility index (Phi) is 6.34. The van der Waals surface area contributed by atoms with Crippen molar-refractivity contribution >= 4 is 23.3 Å². The summed E-state index contributed by atoms with van der Waals surface area (Å²) < 4.78 is 0. The van der Waals surface area contributed by atoms with Crippen LogP contribution < -0.4 is 10.2 Å². The molecule has 0 radical (unpaired) electrons. The minimum absolute atomic E-state index is 0.0814. The molecule has 1 heterocycles. The summed E-state index contributed by atoms with van der Waals surface area (Å²) in [5.41, 5.74) is 3.92. The lowest BCUT2D eigenvalue weighted by molar-refractivity contribution is 0.0746. The molecule has 0 aromatic heterocycles. The Morgan fingerprint density at radius 2 is 1.43 bits per heavy atom. The highest BCUT2D eigenvalue weighted by atomic mass is 16.2. The Labute approximate surface area is 179 Å². The van der Waals surface area contributed by atoms with Gasteiger partial charge in [0.15, 0.2) is 0 Å². The van der Waals surface area contributed by atoms with Crippen LogP contribution in [0.15, 0.2) is 48.5 Å². The zero-order chi connectivity index (χ0) is 21.9. The lowest BCUT2D eigenvalue weighted by Crippen LogP contribution is -2.48. The van der Waals surface area contributed by atoms with Crippen LogP contribution in [0.2, 0.25) is 0 Å². The van der Waals surface area contributed by atoms with Crippen molar-refractivity contribution in [3.8, 4) is 0 Å². The molecule has 0 atom stereocenters. The maximum Gasteiger partial charge on any atom is 0.321 e. The number of nitrogens with one attached hydrogen (secondary N) is 1. The van der Waals surface area contributed by atoms with Crippen LogP contribution in [0.4, 0.5) is 16.2 Å². The van der Waals surface area contributed by atoms with E-state index in [2.05, 4.69) is 43.1 Å². The number of piperazine rings is 1. The van der Waals surface area contributed by atoms with Crippen molar-refractivity contribution in [1.82, 2.24) is 9.80 Å². The average molecular weight is 409 g/mol. The molecule has 0 saturated carbocycles. The first kappa shape index (κ1) is 21.7. The molecule has 160 valence electrons. The van der Waals surface area contributed by atoms with Gasteiger partial charge in [-0.3, -0.25) is 4.79 Å². The first-order valence-corrected chi connectivity index (χ1v) is 10.4. The molecule has 0 bridgehead atoms. The summed E-state index contributed by atoms with van der Waals surface area (Å²) in [6.45, 7) is 9.48. The highest BCUT2D eigenvalue weighted by Crippen LogP contribution is 2.23. The quantitative estimate of drug-likeness (QED) is 0.834. The second-order valence-electron chi connectivity index (χ2n) is 8.98. The number of hydrogen-bond acceptors (Lipinski definition) is 3. The summed E-state index contributed by atoms with van der Waals surface area (Å²) in [5, 5.41) is 2.84. The van der Waals surface area contributed by atoms with Crippen LogP contribution in [0.5, 0.6) is 0 Å². The summed E-state index contributed by atoms with van der Waals surface area (Å²) in [5.74, 6) is 0.0943. The molecule has 3 amide bonds. The van der Waals surface area contributed by atoms with Gasteiger partial charge in [-0.1, -0.05) is 32.9 Å². The fraction of sp³-hybridized carbons (Fsp3) is 0.417. The summed E-state index contributed by atoms with van der Waals surface area (Å²) in [6.07, 6.45) is 0. The summed E-state index contributed by atoms with van der Waals surface area (Å²) >= 11 is 0. The lowest BCUT2D eigenvalue weighted by atomic mass is 9.86. The van der Waals surface area contributed by atoms with Crippen molar-refractivity contribution < 1.29 is 9.59 Å². The van der Waals surface area contributed by atoms with Gasteiger partial charge in [0, 0.05) is 57.2 Å². The molecular formula is C24H32N4O2. The number of urea groups is 1. The predicted octanol–water partition coefficient (Wildman–Crippen LogP) is 4.04. The predicted molar refractivity (Wildman–Crippen MR) is 122 cm³/mol. The normalized spacial score (nSPS) is 14.4. The van der Waals surface area contributed by atoms with E-state index in [4.69, 9.17) is 0 Å². The SMILES string of the molecule is CN(C)C(=O)Nc1ccc(N2CCN(C(=O)c3ccc(C(C)(C)C)cc3)CC2)cc1. The highest BCUT2D eigenvalue weighted by Gasteiger charge is 2.23. The third-order valence-electron chi connectivity index (χ3n) is 5.45. The molecule has 1 saturated heterocycles. The molecule has 1 aliphatic rings. The minimum Gasteiger partial charge on any atom is -0.368 e. The smallest absolute Gasteiger partial charge is 0.321 e. The van der Waals surface area contributed by atoms with Crippen molar-refractivity contribution in [3.63, 3.8) is 0 Å². The lowest BCUT2D eigenvalue weighted by Gasteiger charge is -2.36. The molecule has 1 N–H and O–H groups in total. The van der Waals surface area contributed by atoms with E-state index in [1.807, 2.05) is 41.3 Å². The number of carbonyl (C=O) groups excluding carboxylic acids is 2. The molecule has 2 aromatic rings. The van der Waals surface area contributed by atoms with Crippen molar-refractivity contribution in [2.75, 3.05) is 50.5 Å². The van der Waals surface area contributed by atoms with Gasteiger partial charge in [-0.15, -0.1) is 0 Å². The number of nitrogens with zero attached hydrogens (tertiary/aromatic N) is 3. The highest BCUT2D eigenvalue weighted by molar-refractivity contribution is 5.94. The zero-order valence-corrected chi connectivity index (χ0v) is 18.6. The molecule has 0 unspecified atom stereocenters. The summed E-state index contributed by atoms with van der Waals surface area (Å²) in [6, 6.07) is 15.7. The van der Waals surface area contributed by atoms with Crippen LogP contribution in [-0.4, -0.2) is 62.0 Å². The second-order valence-corrected chi connectivity index (χ2v) is 8.98.